The van der Waals surface area contributed by atoms with Crippen molar-refractivity contribution in [3.63, 3.8) is 0 Å². The van der Waals surface area contributed by atoms with Gasteiger partial charge in [0.05, 0.1) is 0 Å². The monoisotopic (exact) mass is 732 g/mol. The van der Waals surface area contributed by atoms with E-state index in [4.69, 9.17) is 5.73 Å². The number of likely N-dealkylation sites (N-methyl/N-ethyl adjacent to an activating group) is 1. The Balaban J connectivity index is 2.33. The fourth-order valence-corrected chi connectivity index (χ4v) is 7.93. The van der Waals surface area contributed by atoms with Crippen molar-refractivity contribution >= 4 is 55.3 Å². The summed E-state index contributed by atoms with van der Waals surface area (Å²) in [6, 6.07) is -4.47. The molecule has 2 fully saturated rings. The van der Waals surface area contributed by atoms with Crippen molar-refractivity contribution < 1.29 is 28.8 Å². The third kappa shape index (κ3) is 10.2. The first-order valence-corrected chi connectivity index (χ1v) is 20.6. The molecule has 1 saturated heterocycles. The number of carbonyl (C=O) groups is 6. The van der Waals surface area contributed by atoms with Crippen molar-refractivity contribution in [2.24, 2.45) is 22.5 Å². The van der Waals surface area contributed by atoms with Crippen molar-refractivity contribution in [1.82, 2.24) is 25.8 Å². The van der Waals surface area contributed by atoms with Gasteiger partial charge in [-0.3, -0.25) is 0 Å². The van der Waals surface area contributed by atoms with Crippen molar-refractivity contribution in [3.8, 4) is 0 Å². The molecule has 44 heavy (non-hydrogen) atoms. The molecule has 250 valence electrons. The Morgan fingerprint density at radius 2 is 1.52 bits per heavy atom. The maximum atomic E-state index is 14.2. The van der Waals surface area contributed by atoms with Crippen LogP contribution in [-0.4, -0.2) is 103 Å². The first-order valence-electron chi connectivity index (χ1n) is 15.0. The van der Waals surface area contributed by atoms with E-state index >= 15 is 0 Å². The standard InChI is InChI=1S/C31H53IN6O6/c1-11-14-37(10)27(42)23(30(2,3)4)35-29(44)36-24(31(5,6)7)28(43)38-17-19(32(8)9)16-21(38)26(41)34-20(15-18-12-13-18)22(39)25(33)40/h11,18-21,23-24H,1,12-17H2,2-10H3,(H2,33,40)(H,34,41)(H2,35,36,44)/t19-,20?,21+,23-,24-/m1/s1. The van der Waals surface area contributed by atoms with Gasteiger partial charge in [0.15, 0.2) is 0 Å². The number of nitrogens with one attached hydrogen (secondary N) is 3. The molecule has 12 nitrogen and oxygen atoms in total. The van der Waals surface area contributed by atoms with Gasteiger partial charge in [0.25, 0.3) is 0 Å². The van der Waals surface area contributed by atoms with Gasteiger partial charge in [-0.25, -0.2) is 0 Å². The number of halogens is 1. The fourth-order valence-electron chi connectivity index (χ4n) is 5.22. The predicted molar refractivity (Wildman–Crippen MR) is 179 cm³/mol. The number of nitrogens with zero attached hydrogens (tertiary/aromatic N) is 2. The van der Waals surface area contributed by atoms with Crippen LogP contribution in [0.1, 0.15) is 67.2 Å². The quantitative estimate of drug-likeness (QED) is 0.0975. The van der Waals surface area contributed by atoms with Crippen LogP contribution in [0.4, 0.5) is 4.79 Å². The third-order valence-electron chi connectivity index (χ3n) is 8.15. The summed E-state index contributed by atoms with van der Waals surface area (Å²) in [5.41, 5.74) is 3.90. The van der Waals surface area contributed by atoms with Crippen LogP contribution < -0.4 is 21.7 Å². The molecule has 0 bridgehead atoms. The number of likely N-dealkylation sites (tertiary alicyclic amines) is 1. The van der Waals surface area contributed by atoms with Gasteiger partial charge < -0.3 is 0 Å². The Labute approximate surface area is 269 Å². The van der Waals surface area contributed by atoms with E-state index in [-0.39, 0.29) is 15.7 Å². The summed E-state index contributed by atoms with van der Waals surface area (Å²) >= 11 is -1.49. The van der Waals surface area contributed by atoms with E-state index in [1.165, 1.54) is 9.80 Å². The number of carbonyl (C=O) groups excluding carboxylic acids is 6. The molecule has 0 spiro atoms. The molecule has 0 aromatic carbocycles. The molecule has 5 N–H and O–H groups in total. The number of urea groups is 1. The second-order valence-electron chi connectivity index (χ2n) is 14.3. The summed E-state index contributed by atoms with van der Waals surface area (Å²) in [7, 11) is 1.63. The van der Waals surface area contributed by atoms with Crippen LogP contribution in [0.15, 0.2) is 12.7 Å². The normalized spacial score (nSPS) is 20.9. The fraction of sp³-hybridized carbons (Fsp3) is 0.742. The minimum absolute atomic E-state index is 0.158. The van der Waals surface area contributed by atoms with Crippen molar-refractivity contribution in [2.45, 2.75) is 95.3 Å². The molecule has 1 unspecified atom stereocenters. The van der Waals surface area contributed by atoms with Crippen LogP contribution in [0.3, 0.4) is 0 Å². The summed E-state index contributed by atoms with van der Waals surface area (Å²) in [4.78, 5) is 86.1. The number of primary amides is 1. The molecule has 0 radical (unpaired) electrons. The topological polar surface area (TPSA) is 171 Å². The van der Waals surface area contributed by atoms with Gasteiger partial charge in [-0.05, 0) is 0 Å². The van der Waals surface area contributed by atoms with Gasteiger partial charge in [0.2, 0.25) is 0 Å². The van der Waals surface area contributed by atoms with E-state index in [0.717, 1.165) is 12.8 Å². The molecule has 13 heteroatoms. The van der Waals surface area contributed by atoms with Gasteiger partial charge in [0.1, 0.15) is 0 Å². The zero-order valence-electron chi connectivity index (χ0n) is 27.8. The number of rotatable bonds is 13. The molecule has 0 aromatic rings. The Bertz CT molecular complexity index is 1130. The van der Waals surface area contributed by atoms with Crippen molar-refractivity contribution in [3.05, 3.63) is 12.7 Å². The van der Waals surface area contributed by atoms with E-state index < -0.39 is 84.4 Å². The van der Waals surface area contributed by atoms with Crippen LogP contribution in [-0.2, 0) is 24.0 Å². The van der Waals surface area contributed by atoms with Crippen LogP contribution in [0.25, 0.3) is 0 Å². The number of ketones is 1. The first-order chi connectivity index (χ1) is 20.2. The Morgan fingerprint density at radius 1 is 0.977 bits per heavy atom. The molecule has 6 amide bonds. The summed E-state index contributed by atoms with van der Waals surface area (Å²) in [5.74, 6) is -2.91. The van der Waals surface area contributed by atoms with E-state index in [2.05, 4.69) is 32.4 Å². The minimum atomic E-state index is -1.49. The van der Waals surface area contributed by atoms with Gasteiger partial charge in [0, 0.05) is 0 Å². The van der Waals surface area contributed by atoms with E-state index in [1.54, 1.807) is 13.1 Å². The predicted octanol–water partition coefficient (Wildman–Crippen LogP) is 1.83. The molecular formula is C31H53IN6O6. The Kier molecular flexibility index (Phi) is 12.8. The van der Waals surface area contributed by atoms with E-state index in [9.17, 15) is 28.8 Å². The number of hydrogen-bond donors (Lipinski definition) is 4. The van der Waals surface area contributed by atoms with E-state index in [1.807, 2.05) is 41.5 Å². The summed E-state index contributed by atoms with van der Waals surface area (Å²) in [6.07, 6.45) is 4.21. The summed E-state index contributed by atoms with van der Waals surface area (Å²) in [5, 5.41) is 8.32. The average Bonchev–Trinajstić information content (AvgIpc) is 3.60. The van der Waals surface area contributed by atoms with Crippen molar-refractivity contribution in [2.75, 3.05) is 30.0 Å². The summed E-state index contributed by atoms with van der Waals surface area (Å²) < 4.78 is 0.158. The number of nitrogens with two attached hydrogens (primary N) is 1. The Hall–Kier alpha value is -2.71. The summed E-state index contributed by atoms with van der Waals surface area (Å²) in [6.45, 7) is 15.3. The third-order valence-corrected chi connectivity index (χ3v) is 12.6. The number of alkyl halides is 3. The molecule has 1 saturated carbocycles. The molecule has 0 aromatic heterocycles. The molecule has 1 aliphatic heterocycles. The molecule has 5 atom stereocenters. The first kappa shape index (κ1) is 37.5. The second-order valence-corrected chi connectivity index (χ2v) is 20.8. The van der Waals surface area contributed by atoms with Crippen molar-refractivity contribution in [1.29, 1.82) is 0 Å². The van der Waals surface area contributed by atoms with Gasteiger partial charge in [-0.2, -0.15) is 0 Å². The van der Waals surface area contributed by atoms with Crippen LogP contribution >= 0.6 is 19.8 Å². The zero-order valence-corrected chi connectivity index (χ0v) is 29.9. The van der Waals surface area contributed by atoms with Crippen LogP contribution in [0, 0.1) is 16.7 Å². The van der Waals surface area contributed by atoms with Crippen LogP contribution in [0.2, 0.25) is 0 Å². The molecule has 2 aliphatic rings. The van der Waals surface area contributed by atoms with Gasteiger partial charge >= 0.3 is 258 Å². The zero-order chi connectivity index (χ0) is 33.7. The number of Topliss-reactive ketones (excluding diaryl/α,β-unsaturated/α-hetero) is 1. The molecule has 2 rings (SSSR count). The van der Waals surface area contributed by atoms with E-state index in [0.29, 0.717) is 25.9 Å². The molecular weight excluding hydrogens is 679 g/mol. The second kappa shape index (κ2) is 15.0. The number of amides is 6. The average molecular weight is 733 g/mol. The Morgan fingerprint density at radius 3 is 1.98 bits per heavy atom. The van der Waals surface area contributed by atoms with Gasteiger partial charge in [-0.15, -0.1) is 6.58 Å². The molecule has 1 aliphatic carbocycles. The SMILES string of the molecule is C=CCN(C)C(=O)[C@@H](NC(=O)N[C@H](C(=O)N1C[C@H](I(C)C)C[C@H]1C(=O)NC(CC1CC1)C(=O)C(N)=O)C(C)(C)C)C(C)(C)C. The maximum absolute atomic E-state index is 14.2. The van der Waals surface area contributed by atoms with Gasteiger partial charge in [-0.1, -0.05) is 6.08 Å². The molecule has 1 heterocycles. The number of hydrogen-bond acceptors (Lipinski definition) is 6. The van der Waals surface area contributed by atoms with Crippen LogP contribution in [0.5, 0.6) is 0 Å².